The molecule has 1 aliphatic heterocycles. The highest BCUT2D eigenvalue weighted by atomic mass is 32.1. The number of carbonyl (C=O) groups excluding carboxylic acids is 1. The van der Waals surface area contributed by atoms with Crippen LogP contribution in [0.2, 0.25) is 0 Å². The van der Waals surface area contributed by atoms with Gasteiger partial charge >= 0.3 is 0 Å². The van der Waals surface area contributed by atoms with Crippen LogP contribution in [-0.2, 0) is 11.3 Å². The monoisotopic (exact) mass is 309 g/mol. The molecule has 1 aromatic heterocycles. The molecule has 0 atom stereocenters. The normalized spacial score (nSPS) is 14.9. The lowest BCUT2D eigenvalue weighted by molar-refractivity contribution is -0.130. The third kappa shape index (κ3) is 2.53. The van der Waals surface area contributed by atoms with Crippen molar-refractivity contribution in [2.45, 2.75) is 19.4 Å². The minimum absolute atomic E-state index is 0.0350. The van der Waals surface area contributed by atoms with Gasteiger partial charge in [-0.2, -0.15) is 0 Å². The predicted molar refractivity (Wildman–Crippen MR) is 79.4 cm³/mol. The highest BCUT2D eigenvalue weighted by Crippen LogP contribution is 2.24. The van der Waals surface area contributed by atoms with E-state index in [-0.39, 0.29) is 18.2 Å². The second-order valence-corrected chi connectivity index (χ2v) is 5.49. The molecule has 1 aliphatic rings. The number of benzene rings is 1. The Morgan fingerprint density at radius 2 is 2.14 bits per heavy atom. The number of hydrogen-bond acceptors (Lipinski definition) is 3. The molecule has 0 unspecified atom stereocenters. The average Bonchev–Trinajstić information content (AvgIpc) is 3.07. The summed E-state index contributed by atoms with van der Waals surface area (Å²) < 4.78 is 20.8. The molecule has 0 spiro atoms. The Hall–Kier alpha value is -1.89. The van der Waals surface area contributed by atoms with E-state index in [1.165, 1.54) is 13.2 Å². The Bertz CT molecular complexity index is 746. The van der Waals surface area contributed by atoms with Crippen LogP contribution in [-0.4, -0.2) is 40.6 Å². The van der Waals surface area contributed by atoms with Crippen LogP contribution >= 0.6 is 12.2 Å². The van der Waals surface area contributed by atoms with E-state index >= 15 is 0 Å². The van der Waals surface area contributed by atoms with Crippen LogP contribution in [0.3, 0.4) is 0 Å². The number of aromatic nitrogens is 2. The molecular formula is C14H16FN3O2S. The molecule has 1 aromatic carbocycles. The number of fused-ring (bicyclic) bond motifs is 1. The molecule has 0 bridgehead atoms. The third-order valence-electron chi connectivity index (χ3n) is 3.80. The van der Waals surface area contributed by atoms with Crippen molar-refractivity contribution in [3.8, 4) is 5.75 Å². The number of likely N-dealkylation sites (tertiary alicyclic amines) is 1. The van der Waals surface area contributed by atoms with Crippen LogP contribution in [0.1, 0.15) is 12.8 Å². The number of nitrogens with one attached hydrogen (secondary N) is 1. The first-order valence-corrected chi connectivity index (χ1v) is 7.25. The maximum atomic E-state index is 13.7. The number of hydrogen-bond donors (Lipinski definition) is 1. The minimum atomic E-state index is -0.459. The number of carbonyl (C=O) groups is 1. The molecule has 2 heterocycles. The van der Waals surface area contributed by atoms with Crippen molar-refractivity contribution < 1.29 is 13.9 Å². The minimum Gasteiger partial charge on any atom is -0.494 e. The largest absolute Gasteiger partial charge is 0.494 e. The lowest BCUT2D eigenvalue weighted by atomic mass is 10.3. The quantitative estimate of drug-likeness (QED) is 0.886. The van der Waals surface area contributed by atoms with E-state index in [4.69, 9.17) is 17.0 Å². The Labute approximate surface area is 126 Å². The summed E-state index contributed by atoms with van der Waals surface area (Å²) in [7, 11) is 1.41. The number of rotatable bonds is 3. The Kier molecular flexibility index (Phi) is 3.67. The van der Waals surface area contributed by atoms with E-state index in [9.17, 15) is 9.18 Å². The molecule has 7 heteroatoms. The van der Waals surface area contributed by atoms with E-state index in [0.29, 0.717) is 15.8 Å². The Morgan fingerprint density at radius 1 is 1.43 bits per heavy atom. The van der Waals surface area contributed by atoms with E-state index in [0.717, 1.165) is 25.9 Å². The molecule has 21 heavy (non-hydrogen) atoms. The summed E-state index contributed by atoms with van der Waals surface area (Å²) in [5.74, 6) is -0.286. The SMILES string of the molecule is COc1cc2c(cc1F)[nH]c(=S)n2CC(=O)N1CCCC1. The molecule has 3 rings (SSSR count). The standard InChI is InChI=1S/C14H16FN3O2S/c1-20-12-7-11-10(6-9(12)15)16-14(21)18(11)8-13(19)17-4-2-3-5-17/h6-7H,2-5,8H2,1H3,(H,16,21). The van der Waals surface area contributed by atoms with Gasteiger partial charge in [0.15, 0.2) is 16.3 Å². The van der Waals surface area contributed by atoms with Gasteiger partial charge in [-0.25, -0.2) is 4.39 Å². The fourth-order valence-electron chi connectivity index (χ4n) is 2.67. The van der Waals surface area contributed by atoms with E-state index in [1.54, 1.807) is 10.6 Å². The number of ether oxygens (including phenoxy) is 1. The molecule has 112 valence electrons. The number of methoxy groups -OCH3 is 1. The van der Waals surface area contributed by atoms with Crippen LogP contribution in [0.15, 0.2) is 12.1 Å². The van der Waals surface area contributed by atoms with Crippen LogP contribution in [0, 0.1) is 10.6 Å². The number of nitrogens with zero attached hydrogens (tertiary/aromatic N) is 2. The van der Waals surface area contributed by atoms with Crippen molar-refractivity contribution in [1.29, 1.82) is 0 Å². The van der Waals surface area contributed by atoms with Gasteiger partial charge in [0.25, 0.3) is 0 Å². The van der Waals surface area contributed by atoms with E-state index < -0.39 is 5.82 Å². The first kappa shape index (κ1) is 14.1. The summed E-state index contributed by atoms with van der Waals surface area (Å²) in [6.07, 6.45) is 2.09. The van der Waals surface area contributed by atoms with Gasteiger partial charge < -0.3 is 19.2 Å². The highest BCUT2D eigenvalue weighted by molar-refractivity contribution is 7.71. The maximum Gasteiger partial charge on any atom is 0.242 e. The van der Waals surface area contributed by atoms with Crippen LogP contribution < -0.4 is 4.74 Å². The van der Waals surface area contributed by atoms with Crippen LogP contribution in [0.4, 0.5) is 4.39 Å². The summed E-state index contributed by atoms with van der Waals surface area (Å²) in [4.78, 5) is 17.0. The molecule has 1 amide bonds. The van der Waals surface area contributed by atoms with Gasteiger partial charge in [0.05, 0.1) is 18.1 Å². The first-order valence-electron chi connectivity index (χ1n) is 6.84. The van der Waals surface area contributed by atoms with Crippen molar-refractivity contribution in [3.63, 3.8) is 0 Å². The van der Waals surface area contributed by atoms with Gasteiger partial charge in [-0.3, -0.25) is 4.79 Å². The number of H-pyrrole nitrogens is 1. The Morgan fingerprint density at radius 3 is 2.81 bits per heavy atom. The molecule has 2 aromatic rings. The zero-order valence-corrected chi connectivity index (χ0v) is 12.5. The first-order chi connectivity index (χ1) is 10.1. The smallest absolute Gasteiger partial charge is 0.242 e. The summed E-state index contributed by atoms with van der Waals surface area (Å²) in [6, 6.07) is 2.90. The van der Waals surface area contributed by atoms with Gasteiger partial charge in [0, 0.05) is 25.2 Å². The van der Waals surface area contributed by atoms with Crippen molar-refractivity contribution in [2.24, 2.45) is 0 Å². The number of imidazole rings is 1. The van der Waals surface area contributed by atoms with Crippen LogP contribution in [0.25, 0.3) is 11.0 Å². The molecule has 0 radical (unpaired) electrons. The van der Waals surface area contributed by atoms with Crippen molar-refractivity contribution >= 4 is 29.2 Å². The maximum absolute atomic E-state index is 13.7. The van der Waals surface area contributed by atoms with Crippen LogP contribution in [0.5, 0.6) is 5.75 Å². The summed E-state index contributed by atoms with van der Waals surface area (Å²) in [5.41, 5.74) is 1.23. The molecule has 1 saturated heterocycles. The second kappa shape index (κ2) is 5.48. The molecule has 1 N–H and O–H groups in total. The molecule has 0 aliphatic carbocycles. The number of amides is 1. The molecular weight excluding hydrogens is 293 g/mol. The van der Waals surface area contributed by atoms with Gasteiger partial charge in [-0.05, 0) is 25.1 Å². The third-order valence-corrected chi connectivity index (χ3v) is 4.12. The fraction of sp³-hybridized carbons (Fsp3) is 0.429. The van der Waals surface area contributed by atoms with Crippen molar-refractivity contribution in [2.75, 3.05) is 20.2 Å². The predicted octanol–water partition coefficient (Wildman–Crippen LogP) is 2.47. The summed E-state index contributed by atoms with van der Waals surface area (Å²) in [6.45, 7) is 1.76. The number of aromatic amines is 1. The average molecular weight is 309 g/mol. The Balaban J connectivity index is 1.99. The van der Waals surface area contributed by atoms with Gasteiger partial charge in [-0.1, -0.05) is 0 Å². The molecule has 0 saturated carbocycles. The zero-order chi connectivity index (χ0) is 15.0. The molecule has 1 fully saturated rings. The van der Waals surface area contributed by atoms with E-state index in [2.05, 4.69) is 4.98 Å². The topological polar surface area (TPSA) is 50.3 Å². The lowest BCUT2D eigenvalue weighted by Gasteiger charge is -2.15. The fourth-order valence-corrected chi connectivity index (χ4v) is 2.95. The van der Waals surface area contributed by atoms with Gasteiger partial charge in [0.2, 0.25) is 5.91 Å². The highest BCUT2D eigenvalue weighted by Gasteiger charge is 2.20. The van der Waals surface area contributed by atoms with Crippen molar-refractivity contribution in [3.05, 3.63) is 22.7 Å². The van der Waals surface area contributed by atoms with E-state index in [1.807, 2.05) is 4.90 Å². The second-order valence-electron chi connectivity index (χ2n) is 5.11. The van der Waals surface area contributed by atoms with Gasteiger partial charge in [0.1, 0.15) is 6.54 Å². The molecule has 5 nitrogen and oxygen atoms in total. The number of halogens is 1. The zero-order valence-electron chi connectivity index (χ0n) is 11.7. The van der Waals surface area contributed by atoms with Crippen molar-refractivity contribution in [1.82, 2.24) is 14.5 Å². The van der Waals surface area contributed by atoms with Gasteiger partial charge in [-0.15, -0.1) is 0 Å². The lowest BCUT2D eigenvalue weighted by Crippen LogP contribution is -2.31. The summed E-state index contributed by atoms with van der Waals surface area (Å²) >= 11 is 5.24. The summed E-state index contributed by atoms with van der Waals surface area (Å²) in [5, 5.41) is 0.